The Bertz CT molecular complexity index is 1210. The minimum Gasteiger partial charge on any atom is -0.280 e. The number of hydrogen-bond donors (Lipinski definition) is 1. The fraction of sp³-hybridized carbons (Fsp3) is 0. The first-order valence-electron chi connectivity index (χ1n) is 8.26. The quantitative estimate of drug-likeness (QED) is 0.467. The Morgan fingerprint density at radius 2 is 1.68 bits per heavy atom. The minimum absolute atomic E-state index is 0.149. The van der Waals surface area contributed by atoms with Crippen LogP contribution in [-0.2, 0) is 10.0 Å². The summed E-state index contributed by atoms with van der Waals surface area (Å²) >= 11 is 7.36. The van der Waals surface area contributed by atoms with Gasteiger partial charge in [-0.3, -0.25) is 9.71 Å². The molecular formula is C20H14ClN3O2S2. The largest absolute Gasteiger partial charge is 0.280 e. The highest BCUT2D eigenvalue weighted by molar-refractivity contribution is 7.92. The summed E-state index contributed by atoms with van der Waals surface area (Å²) in [6.45, 7) is 0. The number of halogens is 1. The Labute approximate surface area is 171 Å². The second kappa shape index (κ2) is 7.71. The summed E-state index contributed by atoms with van der Waals surface area (Å²) in [6.07, 6.45) is 3.45. The van der Waals surface area contributed by atoms with Crippen LogP contribution in [0.25, 0.3) is 21.8 Å². The van der Waals surface area contributed by atoms with Crippen molar-refractivity contribution >= 4 is 38.6 Å². The van der Waals surface area contributed by atoms with Gasteiger partial charge in [-0.15, -0.1) is 11.3 Å². The van der Waals surface area contributed by atoms with Crippen molar-refractivity contribution in [1.82, 2.24) is 9.97 Å². The van der Waals surface area contributed by atoms with Crippen LogP contribution < -0.4 is 4.72 Å². The van der Waals surface area contributed by atoms with Gasteiger partial charge in [0.2, 0.25) is 0 Å². The summed E-state index contributed by atoms with van der Waals surface area (Å²) in [7, 11) is -3.70. The molecule has 1 N–H and O–H groups in total. The predicted octanol–water partition coefficient (Wildman–Crippen LogP) is 5.33. The Morgan fingerprint density at radius 1 is 0.929 bits per heavy atom. The lowest BCUT2D eigenvalue weighted by Crippen LogP contribution is -2.12. The van der Waals surface area contributed by atoms with Crippen LogP contribution in [0.3, 0.4) is 0 Å². The van der Waals surface area contributed by atoms with Gasteiger partial charge >= 0.3 is 0 Å². The number of nitrogens with one attached hydrogen (secondary N) is 1. The van der Waals surface area contributed by atoms with E-state index in [2.05, 4.69) is 14.7 Å². The van der Waals surface area contributed by atoms with Crippen molar-refractivity contribution in [3.63, 3.8) is 0 Å². The molecule has 4 aromatic rings. The van der Waals surface area contributed by atoms with Gasteiger partial charge in [-0.2, -0.15) is 0 Å². The lowest BCUT2D eigenvalue weighted by Gasteiger charge is -2.09. The lowest BCUT2D eigenvalue weighted by molar-refractivity contribution is 0.601. The van der Waals surface area contributed by atoms with Crippen LogP contribution in [0.2, 0.25) is 5.02 Å². The van der Waals surface area contributed by atoms with Gasteiger partial charge in [0, 0.05) is 39.6 Å². The summed E-state index contributed by atoms with van der Waals surface area (Å²) in [5.41, 5.74) is 3.06. The Hall–Kier alpha value is -2.74. The van der Waals surface area contributed by atoms with Crippen LogP contribution in [0.5, 0.6) is 0 Å². The molecule has 0 spiro atoms. The van der Waals surface area contributed by atoms with E-state index in [4.69, 9.17) is 11.6 Å². The van der Waals surface area contributed by atoms with E-state index < -0.39 is 10.0 Å². The molecule has 0 atom stereocenters. The van der Waals surface area contributed by atoms with Crippen LogP contribution >= 0.6 is 22.9 Å². The average molecular weight is 428 g/mol. The number of hydrogen-bond acceptors (Lipinski definition) is 5. The van der Waals surface area contributed by atoms with E-state index in [1.165, 1.54) is 23.5 Å². The molecule has 2 aromatic heterocycles. The summed E-state index contributed by atoms with van der Waals surface area (Å²) < 4.78 is 27.8. The average Bonchev–Trinajstić information content (AvgIpc) is 3.19. The van der Waals surface area contributed by atoms with Crippen LogP contribution in [-0.4, -0.2) is 18.4 Å². The summed E-state index contributed by atoms with van der Waals surface area (Å²) in [5.74, 6) is 0. The van der Waals surface area contributed by atoms with Crippen molar-refractivity contribution < 1.29 is 8.42 Å². The second-order valence-corrected chi connectivity index (χ2v) is 8.89. The zero-order valence-corrected chi connectivity index (χ0v) is 16.8. The molecule has 140 valence electrons. The first-order chi connectivity index (χ1) is 13.5. The number of anilines is 1. The first kappa shape index (κ1) is 18.6. The number of pyridine rings is 1. The molecule has 0 radical (unpaired) electrons. The topological polar surface area (TPSA) is 72.0 Å². The molecule has 0 amide bonds. The van der Waals surface area contributed by atoms with Gasteiger partial charge < -0.3 is 0 Å². The van der Waals surface area contributed by atoms with Crippen molar-refractivity contribution in [2.24, 2.45) is 0 Å². The van der Waals surface area contributed by atoms with Gasteiger partial charge in [-0.1, -0.05) is 23.7 Å². The SMILES string of the molecule is O=S(=O)(Nc1cccc(-c2csc(-c3ccncc3)n2)c1)c1ccc(Cl)cc1. The van der Waals surface area contributed by atoms with E-state index >= 15 is 0 Å². The third-order valence-electron chi connectivity index (χ3n) is 3.97. The highest BCUT2D eigenvalue weighted by Crippen LogP contribution is 2.30. The number of benzene rings is 2. The molecule has 0 fully saturated rings. The van der Waals surface area contributed by atoms with E-state index in [0.717, 1.165) is 21.8 Å². The molecule has 0 saturated carbocycles. The number of sulfonamides is 1. The second-order valence-electron chi connectivity index (χ2n) is 5.91. The van der Waals surface area contributed by atoms with Crippen molar-refractivity contribution in [3.8, 4) is 21.8 Å². The van der Waals surface area contributed by atoms with Crippen molar-refractivity contribution in [1.29, 1.82) is 0 Å². The smallest absolute Gasteiger partial charge is 0.261 e. The highest BCUT2D eigenvalue weighted by Gasteiger charge is 2.15. The van der Waals surface area contributed by atoms with E-state index in [1.54, 1.807) is 42.7 Å². The fourth-order valence-corrected chi connectivity index (χ4v) is 4.61. The maximum atomic E-state index is 12.6. The molecule has 5 nitrogen and oxygen atoms in total. The third kappa shape index (κ3) is 4.06. The van der Waals surface area contributed by atoms with Crippen LogP contribution in [0.4, 0.5) is 5.69 Å². The standard InChI is InChI=1S/C20H14ClN3O2S2/c21-16-4-6-18(7-5-16)28(25,26)24-17-3-1-2-15(12-17)19-13-27-20(23-19)14-8-10-22-11-9-14/h1-13,24H. The number of rotatable bonds is 5. The maximum Gasteiger partial charge on any atom is 0.261 e. The number of nitrogens with zero attached hydrogens (tertiary/aromatic N) is 2. The van der Waals surface area contributed by atoms with Crippen LogP contribution in [0.15, 0.2) is 83.3 Å². The normalized spacial score (nSPS) is 11.3. The zero-order chi connectivity index (χ0) is 19.6. The third-order valence-corrected chi connectivity index (χ3v) is 6.51. The van der Waals surface area contributed by atoms with E-state index in [-0.39, 0.29) is 4.90 Å². The van der Waals surface area contributed by atoms with E-state index in [9.17, 15) is 8.42 Å². The fourth-order valence-electron chi connectivity index (χ4n) is 2.60. The molecule has 0 aliphatic heterocycles. The molecule has 2 heterocycles. The summed E-state index contributed by atoms with van der Waals surface area (Å²) in [6, 6.07) is 17.0. The predicted molar refractivity (Wildman–Crippen MR) is 113 cm³/mol. The monoisotopic (exact) mass is 427 g/mol. The number of thiazole rings is 1. The molecule has 4 rings (SSSR count). The van der Waals surface area contributed by atoms with Crippen molar-refractivity contribution in [2.45, 2.75) is 4.90 Å². The Kier molecular flexibility index (Phi) is 5.13. The molecule has 28 heavy (non-hydrogen) atoms. The van der Waals surface area contributed by atoms with Crippen molar-refractivity contribution in [3.05, 3.63) is 83.5 Å². The van der Waals surface area contributed by atoms with E-state index in [1.807, 2.05) is 23.6 Å². The van der Waals surface area contributed by atoms with Crippen LogP contribution in [0, 0.1) is 0 Å². The molecular weight excluding hydrogens is 414 g/mol. The maximum absolute atomic E-state index is 12.6. The summed E-state index contributed by atoms with van der Waals surface area (Å²) in [5, 5.41) is 3.31. The van der Waals surface area contributed by atoms with Gasteiger partial charge in [0.15, 0.2) is 0 Å². The molecule has 8 heteroatoms. The van der Waals surface area contributed by atoms with Crippen molar-refractivity contribution in [2.75, 3.05) is 4.72 Å². The van der Waals surface area contributed by atoms with Crippen LogP contribution in [0.1, 0.15) is 0 Å². The molecule has 0 aliphatic carbocycles. The Balaban J connectivity index is 1.60. The van der Waals surface area contributed by atoms with E-state index in [0.29, 0.717) is 10.7 Å². The molecule has 2 aromatic carbocycles. The summed E-state index contributed by atoms with van der Waals surface area (Å²) in [4.78, 5) is 8.82. The Morgan fingerprint density at radius 3 is 2.43 bits per heavy atom. The van der Waals surface area contributed by atoms with Gasteiger partial charge in [-0.05, 0) is 48.5 Å². The van der Waals surface area contributed by atoms with Gasteiger partial charge in [0.25, 0.3) is 10.0 Å². The molecule has 0 saturated heterocycles. The lowest BCUT2D eigenvalue weighted by atomic mass is 10.1. The minimum atomic E-state index is -3.70. The molecule has 0 unspecified atom stereocenters. The first-order valence-corrected chi connectivity index (χ1v) is 11.0. The highest BCUT2D eigenvalue weighted by atomic mass is 35.5. The zero-order valence-electron chi connectivity index (χ0n) is 14.4. The van der Waals surface area contributed by atoms with Gasteiger partial charge in [0.1, 0.15) is 5.01 Å². The number of aromatic nitrogens is 2. The molecule has 0 bridgehead atoms. The molecule has 0 aliphatic rings. The van der Waals surface area contributed by atoms with Gasteiger partial charge in [0.05, 0.1) is 10.6 Å². The van der Waals surface area contributed by atoms with Gasteiger partial charge in [-0.25, -0.2) is 13.4 Å².